The molecule has 0 heterocycles. The molecule has 0 aromatic heterocycles. The molecule has 0 bridgehead atoms. The van der Waals surface area contributed by atoms with Gasteiger partial charge in [0.15, 0.2) is 0 Å². The van der Waals surface area contributed by atoms with E-state index in [-0.39, 0.29) is 12.6 Å². The smallest absolute Gasteiger partial charge is 0.317 e. The molecule has 0 fully saturated rings. The maximum Gasteiger partial charge on any atom is 0.317 e. The van der Waals surface area contributed by atoms with Crippen molar-refractivity contribution in [2.24, 2.45) is 0 Å². The molecule has 0 aromatic rings. The second-order valence-corrected chi connectivity index (χ2v) is 4.71. The van der Waals surface area contributed by atoms with Crippen molar-refractivity contribution < 1.29 is 19.8 Å². The summed E-state index contributed by atoms with van der Waals surface area (Å²) in [6.07, 6.45) is 1.33. The second-order valence-electron chi connectivity index (χ2n) is 4.71. The highest BCUT2D eigenvalue weighted by Gasteiger charge is 2.25. The Morgan fingerprint density at radius 1 is 1.22 bits per heavy atom. The van der Waals surface area contributed by atoms with E-state index >= 15 is 0 Å². The maximum absolute atomic E-state index is 11.8. The normalized spacial score (nSPS) is 13.8. The molecular formula is C12H24N2O4. The van der Waals surface area contributed by atoms with Crippen LogP contribution < -0.4 is 5.32 Å². The van der Waals surface area contributed by atoms with Crippen LogP contribution in [0.1, 0.15) is 40.0 Å². The molecule has 0 aliphatic carbocycles. The van der Waals surface area contributed by atoms with Crippen LogP contribution in [0.25, 0.3) is 0 Å². The predicted octanol–water partition coefficient (Wildman–Crippen LogP) is 1.04. The minimum absolute atomic E-state index is 0.0674. The second kappa shape index (κ2) is 7.92. The van der Waals surface area contributed by atoms with Crippen LogP contribution in [0.5, 0.6) is 0 Å². The van der Waals surface area contributed by atoms with Crippen LogP contribution in [0.2, 0.25) is 0 Å². The van der Waals surface area contributed by atoms with Crippen LogP contribution in [0.15, 0.2) is 0 Å². The van der Waals surface area contributed by atoms with Crippen LogP contribution in [-0.2, 0) is 4.79 Å². The monoisotopic (exact) mass is 260 g/mol. The minimum atomic E-state index is -1.43. The topological polar surface area (TPSA) is 89.9 Å². The van der Waals surface area contributed by atoms with Crippen molar-refractivity contribution in [3.63, 3.8) is 0 Å². The molecule has 2 amide bonds. The number of urea groups is 1. The third kappa shape index (κ3) is 7.11. The van der Waals surface area contributed by atoms with E-state index in [1.54, 1.807) is 4.90 Å². The molecule has 6 heteroatoms. The van der Waals surface area contributed by atoms with Gasteiger partial charge in [0.1, 0.15) is 0 Å². The zero-order chi connectivity index (χ0) is 14.2. The minimum Gasteiger partial charge on any atom is -0.481 e. The van der Waals surface area contributed by atoms with Gasteiger partial charge in [-0.05, 0) is 19.8 Å². The van der Waals surface area contributed by atoms with Crippen molar-refractivity contribution in [3.05, 3.63) is 0 Å². The first-order valence-electron chi connectivity index (χ1n) is 6.29. The average Bonchev–Trinajstić information content (AvgIpc) is 2.24. The van der Waals surface area contributed by atoms with Gasteiger partial charge in [-0.15, -0.1) is 0 Å². The molecule has 0 saturated heterocycles. The Labute approximate surface area is 108 Å². The summed E-state index contributed by atoms with van der Waals surface area (Å²) in [6, 6.07) is -0.260. The van der Waals surface area contributed by atoms with Crippen LogP contribution in [0.4, 0.5) is 4.79 Å². The lowest BCUT2D eigenvalue weighted by Gasteiger charge is -2.26. The Balaban J connectivity index is 4.24. The number of hydrogen-bond donors (Lipinski definition) is 3. The zero-order valence-corrected chi connectivity index (χ0v) is 11.4. The van der Waals surface area contributed by atoms with Gasteiger partial charge >= 0.3 is 12.0 Å². The SMILES string of the molecule is CCCN(CCC)C(=O)NCC(C)(O)CC(=O)O. The van der Waals surface area contributed by atoms with Gasteiger partial charge in [0, 0.05) is 19.6 Å². The highest BCUT2D eigenvalue weighted by Crippen LogP contribution is 2.07. The van der Waals surface area contributed by atoms with E-state index in [1.807, 2.05) is 13.8 Å². The van der Waals surface area contributed by atoms with Crippen molar-refractivity contribution in [3.8, 4) is 0 Å². The molecule has 3 N–H and O–H groups in total. The largest absolute Gasteiger partial charge is 0.481 e. The van der Waals surface area contributed by atoms with Crippen LogP contribution >= 0.6 is 0 Å². The number of hydrogen-bond acceptors (Lipinski definition) is 3. The standard InChI is InChI=1S/C12H24N2O4/c1-4-6-14(7-5-2)11(17)13-9-12(3,18)8-10(15)16/h18H,4-9H2,1-3H3,(H,13,17)(H,15,16). The molecule has 6 nitrogen and oxygen atoms in total. The summed E-state index contributed by atoms with van der Waals surface area (Å²) in [7, 11) is 0. The summed E-state index contributed by atoms with van der Waals surface area (Å²) < 4.78 is 0. The number of rotatable bonds is 8. The fourth-order valence-electron chi connectivity index (χ4n) is 1.62. The van der Waals surface area contributed by atoms with Gasteiger partial charge in [0.05, 0.1) is 12.0 Å². The summed E-state index contributed by atoms with van der Waals surface area (Å²) in [5.74, 6) is -1.09. The molecule has 0 radical (unpaired) electrons. The molecule has 106 valence electrons. The van der Waals surface area contributed by atoms with E-state index in [1.165, 1.54) is 6.92 Å². The maximum atomic E-state index is 11.8. The average molecular weight is 260 g/mol. The Hall–Kier alpha value is -1.30. The number of aliphatic carboxylic acids is 1. The van der Waals surface area contributed by atoms with E-state index in [4.69, 9.17) is 5.11 Å². The van der Waals surface area contributed by atoms with E-state index in [0.29, 0.717) is 13.1 Å². The van der Waals surface area contributed by atoms with Gasteiger partial charge < -0.3 is 20.4 Å². The molecule has 0 saturated carbocycles. The summed E-state index contributed by atoms with van der Waals surface area (Å²) in [5.41, 5.74) is -1.43. The van der Waals surface area contributed by atoms with Crippen molar-refractivity contribution in [2.75, 3.05) is 19.6 Å². The molecule has 0 aliphatic heterocycles. The summed E-state index contributed by atoms with van der Waals surface area (Å²) in [5, 5.41) is 20.9. The van der Waals surface area contributed by atoms with E-state index in [0.717, 1.165) is 12.8 Å². The summed E-state index contributed by atoms with van der Waals surface area (Å²) in [4.78, 5) is 24.0. The number of nitrogens with zero attached hydrogens (tertiary/aromatic N) is 1. The van der Waals surface area contributed by atoms with Crippen LogP contribution in [0, 0.1) is 0 Å². The first-order chi connectivity index (χ1) is 8.32. The van der Waals surface area contributed by atoms with Gasteiger partial charge in [-0.2, -0.15) is 0 Å². The van der Waals surface area contributed by atoms with Crippen molar-refractivity contribution in [2.45, 2.75) is 45.6 Å². The molecule has 18 heavy (non-hydrogen) atoms. The van der Waals surface area contributed by atoms with E-state index in [9.17, 15) is 14.7 Å². The molecule has 1 unspecified atom stereocenters. The molecule has 0 aliphatic rings. The van der Waals surface area contributed by atoms with Crippen molar-refractivity contribution in [1.82, 2.24) is 10.2 Å². The van der Waals surface area contributed by atoms with Crippen molar-refractivity contribution in [1.29, 1.82) is 0 Å². The lowest BCUT2D eigenvalue weighted by molar-refractivity contribution is -0.141. The number of carbonyl (C=O) groups excluding carboxylic acids is 1. The van der Waals surface area contributed by atoms with Gasteiger partial charge in [-0.1, -0.05) is 13.8 Å². The lowest BCUT2D eigenvalue weighted by atomic mass is 10.0. The van der Waals surface area contributed by atoms with Crippen LogP contribution in [0.3, 0.4) is 0 Å². The molecule has 1 atom stereocenters. The molecule has 0 spiro atoms. The molecular weight excluding hydrogens is 236 g/mol. The number of amides is 2. The lowest BCUT2D eigenvalue weighted by Crippen LogP contribution is -2.47. The fourth-order valence-corrected chi connectivity index (χ4v) is 1.62. The Kier molecular flexibility index (Phi) is 7.35. The van der Waals surface area contributed by atoms with E-state index < -0.39 is 18.0 Å². The summed E-state index contributed by atoms with van der Waals surface area (Å²) >= 11 is 0. The van der Waals surface area contributed by atoms with Gasteiger partial charge in [-0.3, -0.25) is 4.79 Å². The van der Waals surface area contributed by atoms with Gasteiger partial charge in [0.2, 0.25) is 0 Å². The number of carbonyl (C=O) groups is 2. The molecule has 0 rings (SSSR count). The summed E-state index contributed by atoms with van der Waals surface area (Å²) in [6.45, 7) is 6.60. The number of aliphatic hydroxyl groups is 1. The highest BCUT2D eigenvalue weighted by atomic mass is 16.4. The van der Waals surface area contributed by atoms with Gasteiger partial charge in [0.25, 0.3) is 0 Å². The van der Waals surface area contributed by atoms with E-state index in [2.05, 4.69) is 5.32 Å². The van der Waals surface area contributed by atoms with Crippen LogP contribution in [-0.4, -0.2) is 52.3 Å². The number of carboxylic acid groups (broad SMARTS) is 1. The first-order valence-corrected chi connectivity index (χ1v) is 6.29. The fraction of sp³-hybridized carbons (Fsp3) is 0.833. The number of nitrogens with one attached hydrogen (secondary N) is 1. The number of carboxylic acids is 1. The quantitative estimate of drug-likeness (QED) is 0.608. The third-order valence-corrected chi connectivity index (χ3v) is 2.43. The Bertz CT molecular complexity index is 273. The highest BCUT2D eigenvalue weighted by molar-refractivity contribution is 5.74. The third-order valence-electron chi connectivity index (χ3n) is 2.43. The predicted molar refractivity (Wildman–Crippen MR) is 68.4 cm³/mol. The first kappa shape index (κ1) is 16.7. The van der Waals surface area contributed by atoms with Crippen molar-refractivity contribution >= 4 is 12.0 Å². The Morgan fingerprint density at radius 3 is 2.11 bits per heavy atom. The van der Waals surface area contributed by atoms with Gasteiger partial charge in [-0.25, -0.2) is 4.79 Å². The Morgan fingerprint density at radius 2 is 1.72 bits per heavy atom. The molecule has 0 aromatic carbocycles. The zero-order valence-electron chi connectivity index (χ0n) is 11.4.